The maximum atomic E-state index is 5.95. The molecule has 0 saturated carbocycles. The molecule has 0 bridgehead atoms. The zero-order valence-corrected chi connectivity index (χ0v) is 9.90. The molecule has 0 aliphatic rings. The molecule has 0 atom stereocenters. The van der Waals surface area contributed by atoms with Gasteiger partial charge >= 0.3 is 0 Å². The summed E-state index contributed by atoms with van der Waals surface area (Å²) in [5, 5.41) is 0. The van der Waals surface area contributed by atoms with Crippen LogP contribution in [0.1, 0.15) is 5.56 Å². The van der Waals surface area contributed by atoms with Crippen molar-refractivity contribution in [1.82, 2.24) is 0 Å². The van der Waals surface area contributed by atoms with E-state index in [0.29, 0.717) is 0 Å². The van der Waals surface area contributed by atoms with Crippen LogP contribution in [0.25, 0.3) is 0 Å². The summed E-state index contributed by atoms with van der Waals surface area (Å²) >= 11 is 1.85. The van der Waals surface area contributed by atoms with Gasteiger partial charge in [0.2, 0.25) is 0 Å². The second-order valence-electron chi connectivity index (χ2n) is 3.43. The SMILES string of the molecule is CSCCN(C)c1c(C)cccc1N. The Balaban J connectivity index is 2.82. The molecule has 1 aromatic rings. The summed E-state index contributed by atoms with van der Waals surface area (Å²) in [5.41, 5.74) is 9.23. The van der Waals surface area contributed by atoms with Crippen LogP contribution in [-0.2, 0) is 0 Å². The van der Waals surface area contributed by atoms with E-state index >= 15 is 0 Å². The number of nitrogens with two attached hydrogens (primary N) is 1. The van der Waals surface area contributed by atoms with E-state index in [-0.39, 0.29) is 0 Å². The number of aryl methyl sites for hydroxylation is 1. The van der Waals surface area contributed by atoms with Gasteiger partial charge in [-0.2, -0.15) is 11.8 Å². The highest BCUT2D eigenvalue weighted by Crippen LogP contribution is 2.25. The Labute approximate surface area is 90.5 Å². The molecule has 0 unspecified atom stereocenters. The number of para-hydroxylation sites is 1. The molecule has 2 N–H and O–H groups in total. The zero-order valence-electron chi connectivity index (χ0n) is 9.08. The van der Waals surface area contributed by atoms with Gasteiger partial charge < -0.3 is 10.6 Å². The average molecular weight is 210 g/mol. The van der Waals surface area contributed by atoms with E-state index in [1.807, 2.05) is 23.9 Å². The second-order valence-corrected chi connectivity index (χ2v) is 4.41. The normalized spacial score (nSPS) is 10.2. The molecule has 0 aliphatic carbocycles. The van der Waals surface area contributed by atoms with E-state index in [1.165, 1.54) is 11.3 Å². The highest BCUT2D eigenvalue weighted by atomic mass is 32.2. The van der Waals surface area contributed by atoms with Crippen LogP contribution in [0.15, 0.2) is 18.2 Å². The minimum Gasteiger partial charge on any atom is -0.397 e. The minimum atomic E-state index is 0.869. The standard InChI is InChI=1S/C11H18N2S/c1-9-5-4-6-10(12)11(9)13(2)7-8-14-3/h4-6H,7-8,12H2,1-3H3. The van der Waals surface area contributed by atoms with Crippen molar-refractivity contribution in [2.24, 2.45) is 0 Å². The van der Waals surface area contributed by atoms with Crippen LogP contribution >= 0.6 is 11.8 Å². The molecular formula is C11H18N2S. The molecule has 0 radical (unpaired) electrons. The number of nitrogens with zero attached hydrogens (tertiary/aromatic N) is 1. The Bertz CT molecular complexity index is 279. The quantitative estimate of drug-likeness (QED) is 0.774. The first kappa shape index (κ1) is 11.2. The fourth-order valence-electron chi connectivity index (χ4n) is 1.54. The molecule has 0 saturated heterocycles. The van der Waals surface area contributed by atoms with Crippen LogP contribution < -0.4 is 10.6 Å². The third-order valence-electron chi connectivity index (χ3n) is 2.28. The molecule has 0 amide bonds. The van der Waals surface area contributed by atoms with Gasteiger partial charge in [-0.1, -0.05) is 12.1 Å². The Morgan fingerprint density at radius 3 is 2.71 bits per heavy atom. The highest BCUT2D eigenvalue weighted by molar-refractivity contribution is 7.98. The van der Waals surface area contributed by atoms with E-state index in [1.54, 1.807) is 0 Å². The van der Waals surface area contributed by atoms with E-state index < -0.39 is 0 Å². The number of nitrogen functional groups attached to an aromatic ring is 1. The van der Waals surface area contributed by atoms with Crippen LogP contribution in [0.2, 0.25) is 0 Å². The molecule has 0 fully saturated rings. The van der Waals surface area contributed by atoms with E-state index in [4.69, 9.17) is 5.73 Å². The zero-order chi connectivity index (χ0) is 10.6. The van der Waals surface area contributed by atoms with E-state index in [2.05, 4.69) is 31.2 Å². The summed E-state index contributed by atoms with van der Waals surface area (Å²) in [6.07, 6.45) is 2.12. The van der Waals surface area contributed by atoms with Crippen molar-refractivity contribution < 1.29 is 0 Å². The van der Waals surface area contributed by atoms with Crippen molar-refractivity contribution in [1.29, 1.82) is 0 Å². The molecule has 2 nitrogen and oxygen atoms in total. The minimum absolute atomic E-state index is 0.869. The Kier molecular flexibility index (Phi) is 4.14. The topological polar surface area (TPSA) is 29.3 Å². The number of thioether (sulfide) groups is 1. The van der Waals surface area contributed by atoms with Gasteiger partial charge in [-0.05, 0) is 24.8 Å². The van der Waals surface area contributed by atoms with Crippen LogP contribution in [0.3, 0.4) is 0 Å². The number of hydrogen-bond acceptors (Lipinski definition) is 3. The van der Waals surface area contributed by atoms with Crippen molar-refractivity contribution in [2.75, 3.05) is 36.2 Å². The summed E-state index contributed by atoms with van der Waals surface area (Å²) in [7, 11) is 2.09. The van der Waals surface area contributed by atoms with Crippen molar-refractivity contribution in [3.8, 4) is 0 Å². The van der Waals surface area contributed by atoms with E-state index in [9.17, 15) is 0 Å². The molecular weight excluding hydrogens is 192 g/mol. The largest absolute Gasteiger partial charge is 0.397 e. The summed E-state index contributed by atoms with van der Waals surface area (Å²) in [5.74, 6) is 1.13. The van der Waals surface area contributed by atoms with Gasteiger partial charge in [-0.3, -0.25) is 0 Å². The third kappa shape index (κ3) is 2.58. The van der Waals surface area contributed by atoms with Crippen LogP contribution in [0.4, 0.5) is 11.4 Å². The second kappa shape index (κ2) is 5.15. The maximum Gasteiger partial charge on any atom is 0.0627 e. The molecule has 0 aliphatic heterocycles. The molecule has 0 heterocycles. The van der Waals surface area contributed by atoms with Gasteiger partial charge in [0.05, 0.1) is 11.4 Å². The van der Waals surface area contributed by atoms with Gasteiger partial charge in [0, 0.05) is 19.3 Å². The lowest BCUT2D eigenvalue weighted by Gasteiger charge is -2.22. The maximum absolute atomic E-state index is 5.95. The first-order valence-electron chi connectivity index (χ1n) is 4.72. The molecule has 1 aromatic carbocycles. The molecule has 0 aromatic heterocycles. The molecule has 78 valence electrons. The summed E-state index contributed by atoms with van der Waals surface area (Å²) in [4.78, 5) is 2.22. The Hall–Kier alpha value is -0.830. The van der Waals surface area contributed by atoms with Crippen molar-refractivity contribution in [3.05, 3.63) is 23.8 Å². The van der Waals surface area contributed by atoms with Gasteiger partial charge in [0.15, 0.2) is 0 Å². The van der Waals surface area contributed by atoms with Crippen LogP contribution in [-0.4, -0.2) is 25.6 Å². The molecule has 1 rings (SSSR count). The summed E-state index contributed by atoms with van der Waals surface area (Å²) in [6, 6.07) is 6.05. The molecule has 3 heteroatoms. The first-order valence-corrected chi connectivity index (χ1v) is 6.11. The number of anilines is 2. The number of hydrogen-bond donors (Lipinski definition) is 1. The van der Waals surface area contributed by atoms with E-state index in [0.717, 1.165) is 18.0 Å². The van der Waals surface area contributed by atoms with Crippen molar-refractivity contribution in [2.45, 2.75) is 6.92 Å². The monoisotopic (exact) mass is 210 g/mol. The predicted molar refractivity (Wildman–Crippen MR) is 67.2 cm³/mol. The third-order valence-corrected chi connectivity index (χ3v) is 2.87. The van der Waals surface area contributed by atoms with Gasteiger partial charge in [-0.25, -0.2) is 0 Å². The number of rotatable bonds is 4. The fourth-order valence-corrected chi connectivity index (χ4v) is 2.00. The molecule has 0 spiro atoms. The fraction of sp³-hybridized carbons (Fsp3) is 0.455. The predicted octanol–water partition coefficient (Wildman–Crippen LogP) is 2.38. The average Bonchev–Trinajstić information content (AvgIpc) is 2.14. The van der Waals surface area contributed by atoms with Crippen LogP contribution in [0.5, 0.6) is 0 Å². The summed E-state index contributed by atoms with van der Waals surface area (Å²) < 4.78 is 0. The lowest BCUT2D eigenvalue weighted by molar-refractivity contribution is 0.973. The van der Waals surface area contributed by atoms with Crippen molar-refractivity contribution in [3.63, 3.8) is 0 Å². The Morgan fingerprint density at radius 2 is 2.14 bits per heavy atom. The van der Waals surface area contributed by atoms with Crippen molar-refractivity contribution >= 4 is 23.1 Å². The first-order chi connectivity index (χ1) is 6.66. The van der Waals surface area contributed by atoms with Gasteiger partial charge in [0.25, 0.3) is 0 Å². The van der Waals surface area contributed by atoms with Gasteiger partial charge in [0.1, 0.15) is 0 Å². The summed E-state index contributed by atoms with van der Waals surface area (Å²) in [6.45, 7) is 3.14. The lowest BCUT2D eigenvalue weighted by atomic mass is 10.1. The Morgan fingerprint density at radius 1 is 1.43 bits per heavy atom. The highest BCUT2D eigenvalue weighted by Gasteiger charge is 2.07. The number of benzene rings is 1. The lowest BCUT2D eigenvalue weighted by Crippen LogP contribution is -2.22. The van der Waals surface area contributed by atoms with Gasteiger partial charge in [-0.15, -0.1) is 0 Å². The smallest absolute Gasteiger partial charge is 0.0627 e. The molecule has 14 heavy (non-hydrogen) atoms. The van der Waals surface area contributed by atoms with Crippen LogP contribution in [0, 0.1) is 6.92 Å².